The Morgan fingerprint density at radius 1 is 1.43 bits per heavy atom. The van der Waals surface area contributed by atoms with E-state index in [4.69, 9.17) is 0 Å². The molecule has 1 aromatic rings. The van der Waals surface area contributed by atoms with E-state index in [0.717, 1.165) is 19.3 Å². The van der Waals surface area contributed by atoms with Crippen molar-refractivity contribution >= 4 is 39.3 Å². The lowest BCUT2D eigenvalue weighted by Gasteiger charge is -2.31. The highest BCUT2D eigenvalue weighted by molar-refractivity contribution is 9.10. The van der Waals surface area contributed by atoms with Gasteiger partial charge in [0.05, 0.1) is 10.5 Å². The molecule has 0 heterocycles. The highest BCUT2D eigenvalue weighted by atomic mass is 79.9. The predicted octanol–water partition coefficient (Wildman–Crippen LogP) is 3.76. The normalized spacial score (nSPS) is 21.8. The van der Waals surface area contributed by atoms with Crippen LogP contribution in [0.4, 0.5) is 5.69 Å². The van der Waals surface area contributed by atoms with Crippen molar-refractivity contribution < 1.29 is 9.72 Å². The standard InChI is InChI=1S/C14H17BrN2O3S/c1-21-12-8-3-2-6-10(12)16-14(18)9-5-4-7-11(13(9)15)17(19)20/h4-5,7,10,12H,2-3,6,8H2,1H3,(H,16,18). The summed E-state index contributed by atoms with van der Waals surface area (Å²) >= 11 is 4.94. The molecule has 114 valence electrons. The molecule has 1 amide bonds. The molecule has 1 aliphatic rings. The van der Waals surface area contributed by atoms with Crippen LogP contribution in [-0.4, -0.2) is 28.4 Å². The van der Waals surface area contributed by atoms with Crippen molar-refractivity contribution in [2.24, 2.45) is 0 Å². The van der Waals surface area contributed by atoms with Crippen LogP contribution in [0.25, 0.3) is 0 Å². The Hall–Kier alpha value is -1.08. The minimum atomic E-state index is -0.494. The smallest absolute Gasteiger partial charge is 0.284 e. The van der Waals surface area contributed by atoms with Crippen molar-refractivity contribution in [2.45, 2.75) is 37.0 Å². The Kier molecular flexibility index (Phi) is 5.64. The molecule has 0 aromatic heterocycles. The van der Waals surface area contributed by atoms with E-state index in [1.807, 2.05) is 0 Å². The molecule has 2 unspecified atom stereocenters. The number of carbonyl (C=O) groups excluding carboxylic acids is 1. The minimum Gasteiger partial charge on any atom is -0.348 e. The van der Waals surface area contributed by atoms with Crippen LogP contribution in [0.15, 0.2) is 22.7 Å². The van der Waals surface area contributed by atoms with E-state index in [1.54, 1.807) is 17.8 Å². The van der Waals surface area contributed by atoms with Crippen LogP contribution >= 0.6 is 27.7 Å². The molecule has 1 N–H and O–H groups in total. The van der Waals surface area contributed by atoms with Crippen molar-refractivity contribution in [1.29, 1.82) is 0 Å². The van der Waals surface area contributed by atoms with Crippen molar-refractivity contribution in [3.63, 3.8) is 0 Å². The van der Waals surface area contributed by atoms with Crippen molar-refractivity contribution in [3.05, 3.63) is 38.3 Å². The lowest BCUT2D eigenvalue weighted by Crippen LogP contribution is -2.43. The Morgan fingerprint density at radius 2 is 2.14 bits per heavy atom. The molecule has 0 aliphatic heterocycles. The highest BCUT2D eigenvalue weighted by Crippen LogP contribution is 2.30. The fourth-order valence-corrected chi connectivity index (χ4v) is 4.15. The van der Waals surface area contributed by atoms with E-state index in [-0.39, 0.29) is 22.1 Å². The van der Waals surface area contributed by atoms with Gasteiger partial charge in [0.2, 0.25) is 0 Å². The summed E-state index contributed by atoms with van der Waals surface area (Å²) < 4.78 is 0.240. The first-order chi connectivity index (χ1) is 10.0. The molecule has 0 spiro atoms. The van der Waals surface area contributed by atoms with Crippen LogP contribution < -0.4 is 5.32 Å². The highest BCUT2D eigenvalue weighted by Gasteiger charge is 2.27. The van der Waals surface area contributed by atoms with Crippen LogP contribution in [0.2, 0.25) is 0 Å². The molecule has 1 aliphatic carbocycles. The number of thioether (sulfide) groups is 1. The lowest BCUT2D eigenvalue weighted by molar-refractivity contribution is -0.385. The quantitative estimate of drug-likeness (QED) is 0.644. The zero-order valence-corrected chi connectivity index (χ0v) is 14.1. The predicted molar refractivity (Wildman–Crippen MR) is 87.8 cm³/mol. The number of carbonyl (C=O) groups is 1. The maximum Gasteiger partial charge on any atom is 0.284 e. The fraction of sp³-hybridized carbons (Fsp3) is 0.500. The third-order valence-corrected chi connectivity index (χ3v) is 5.74. The number of amides is 1. The fourth-order valence-electron chi connectivity index (χ4n) is 2.63. The molecule has 1 fully saturated rings. The maximum absolute atomic E-state index is 12.4. The van der Waals surface area contributed by atoms with Gasteiger partial charge in [-0.15, -0.1) is 0 Å². The Labute approximate surface area is 136 Å². The van der Waals surface area contributed by atoms with Crippen LogP contribution in [-0.2, 0) is 0 Å². The van der Waals surface area contributed by atoms with Gasteiger partial charge in [-0.1, -0.05) is 18.9 Å². The molecule has 0 bridgehead atoms. The number of hydrogen-bond donors (Lipinski definition) is 1. The average Bonchev–Trinajstić information content (AvgIpc) is 2.47. The second kappa shape index (κ2) is 7.26. The molecule has 0 saturated heterocycles. The summed E-state index contributed by atoms with van der Waals surface area (Å²) in [4.78, 5) is 22.8. The van der Waals surface area contributed by atoms with Gasteiger partial charge in [0, 0.05) is 17.4 Å². The topological polar surface area (TPSA) is 72.2 Å². The van der Waals surface area contributed by atoms with Gasteiger partial charge in [-0.2, -0.15) is 11.8 Å². The second-order valence-electron chi connectivity index (χ2n) is 5.03. The number of nitro benzene ring substituents is 1. The first-order valence-corrected chi connectivity index (χ1v) is 8.89. The average molecular weight is 373 g/mol. The molecule has 21 heavy (non-hydrogen) atoms. The molecule has 1 saturated carbocycles. The largest absolute Gasteiger partial charge is 0.348 e. The van der Waals surface area contributed by atoms with E-state index in [2.05, 4.69) is 27.5 Å². The number of benzene rings is 1. The van der Waals surface area contributed by atoms with Gasteiger partial charge < -0.3 is 5.32 Å². The van der Waals surface area contributed by atoms with Crippen LogP contribution in [0, 0.1) is 10.1 Å². The molecule has 2 atom stereocenters. The summed E-state index contributed by atoms with van der Waals surface area (Å²) in [6.45, 7) is 0. The van der Waals surface area contributed by atoms with Crippen LogP contribution in [0.1, 0.15) is 36.0 Å². The maximum atomic E-state index is 12.4. The van der Waals surface area contributed by atoms with Gasteiger partial charge in [0.25, 0.3) is 11.6 Å². The summed E-state index contributed by atoms with van der Waals surface area (Å²) in [5.41, 5.74) is 0.224. The van der Waals surface area contributed by atoms with E-state index in [0.29, 0.717) is 10.8 Å². The summed E-state index contributed by atoms with van der Waals surface area (Å²) in [6.07, 6.45) is 6.42. The molecule has 2 rings (SSSR count). The van der Waals surface area contributed by atoms with Gasteiger partial charge >= 0.3 is 0 Å². The third-order valence-electron chi connectivity index (χ3n) is 3.74. The monoisotopic (exact) mass is 372 g/mol. The Balaban J connectivity index is 2.17. The van der Waals surface area contributed by atoms with E-state index in [9.17, 15) is 14.9 Å². The number of rotatable bonds is 4. The van der Waals surface area contributed by atoms with Crippen molar-refractivity contribution in [3.8, 4) is 0 Å². The summed E-state index contributed by atoms with van der Waals surface area (Å²) in [6, 6.07) is 4.65. The number of nitro groups is 1. The first kappa shape index (κ1) is 16.3. The van der Waals surface area contributed by atoms with E-state index >= 15 is 0 Å². The van der Waals surface area contributed by atoms with E-state index < -0.39 is 4.92 Å². The molecule has 5 nitrogen and oxygen atoms in total. The summed E-state index contributed by atoms with van der Waals surface area (Å²) in [5, 5.41) is 14.4. The zero-order chi connectivity index (χ0) is 15.4. The SMILES string of the molecule is CSC1CCCCC1NC(=O)c1cccc([N+](=O)[O-])c1Br. The van der Waals surface area contributed by atoms with Crippen molar-refractivity contribution in [2.75, 3.05) is 6.26 Å². The Morgan fingerprint density at radius 3 is 2.81 bits per heavy atom. The molecule has 0 radical (unpaired) electrons. The van der Waals surface area contributed by atoms with Crippen LogP contribution in [0.5, 0.6) is 0 Å². The number of nitrogens with one attached hydrogen (secondary N) is 1. The molecule has 7 heteroatoms. The van der Waals surface area contributed by atoms with Crippen LogP contribution in [0.3, 0.4) is 0 Å². The van der Waals surface area contributed by atoms with Gasteiger partial charge in [0.15, 0.2) is 0 Å². The molecular weight excluding hydrogens is 356 g/mol. The lowest BCUT2D eigenvalue weighted by atomic mass is 9.94. The Bertz CT molecular complexity index is 553. The number of halogens is 1. The van der Waals surface area contributed by atoms with Gasteiger partial charge in [-0.05, 0) is 41.1 Å². The summed E-state index contributed by atoms with van der Waals surface area (Å²) in [5.74, 6) is -0.253. The first-order valence-electron chi connectivity index (χ1n) is 6.81. The number of hydrogen-bond acceptors (Lipinski definition) is 4. The zero-order valence-electron chi connectivity index (χ0n) is 11.7. The van der Waals surface area contributed by atoms with Gasteiger partial charge in [0.1, 0.15) is 4.47 Å². The van der Waals surface area contributed by atoms with Crippen molar-refractivity contribution in [1.82, 2.24) is 5.32 Å². The minimum absolute atomic E-state index is 0.0901. The second-order valence-corrected chi connectivity index (χ2v) is 6.90. The summed E-state index contributed by atoms with van der Waals surface area (Å²) in [7, 11) is 0. The van der Waals surface area contributed by atoms with E-state index in [1.165, 1.54) is 18.6 Å². The van der Waals surface area contributed by atoms with Gasteiger partial charge in [-0.25, -0.2) is 0 Å². The third kappa shape index (κ3) is 3.77. The number of nitrogens with zero attached hydrogens (tertiary/aromatic N) is 1. The van der Waals surface area contributed by atoms with Gasteiger partial charge in [-0.3, -0.25) is 14.9 Å². The molecular formula is C14H17BrN2O3S. The molecule has 1 aromatic carbocycles.